The number of carbonyl (C=O) groups is 1. The minimum Gasteiger partial charge on any atom is -0.368 e. The van der Waals surface area contributed by atoms with Gasteiger partial charge in [-0.15, -0.1) is 0 Å². The maximum atomic E-state index is 12.4. The largest absolute Gasteiger partial charge is 0.368 e. The molecule has 5 nitrogen and oxygen atoms in total. The zero-order valence-electron chi connectivity index (χ0n) is 11.9. The van der Waals surface area contributed by atoms with E-state index >= 15 is 0 Å². The summed E-state index contributed by atoms with van der Waals surface area (Å²) in [6, 6.07) is 7.82. The third-order valence-corrected chi connectivity index (χ3v) is 4.01. The lowest BCUT2D eigenvalue weighted by Crippen LogP contribution is -2.49. The molecule has 1 saturated heterocycles. The van der Waals surface area contributed by atoms with Crippen molar-refractivity contribution in [2.75, 3.05) is 31.1 Å². The first-order valence-corrected chi connectivity index (χ1v) is 7.29. The van der Waals surface area contributed by atoms with Gasteiger partial charge in [-0.1, -0.05) is 17.7 Å². The van der Waals surface area contributed by atoms with E-state index in [4.69, 9.17) is 11.6 Å². The summed E-state index contributed by atoms with van der Waals surface area (Å²) < 4.78 is 1.76. The van der Waals surface area contributed by atoms with Crippen LogP contribution in [0.5, 0.6) is 0 Å². The van der Waals surface area contributed by atoms with Crippen molar-refractivity contribution >= 4 is 23.2 Å². The van der Waals surface area contributed by atoms with Crippen LogP contribution in [0.25, 0.3) is 0 Å². The van der Waals surface area contributed by atoms with Crippen molar-refractivity contribution in [1.82, 2.24) is 14.5 Å². The molecule has 0 spiro atoms. The number of aryl methyl sites for hydroxylation is 1. The fraction of sp³-hybridized carbons (Fsp3) is 0.333. The van der Waals surface area contributed by atoms with Gasteiger partial charge in [-0.05, 0) is 18.2 Å². The van der Waals surface area contributed by atoms with Gasteiger partial charge < -0.3 is 14.4 Å². The monoisotopic (exact) mass is 304 g/mol. The number of imidazole rings is 1. The van der Waals surface area contributed by atoms with Gasteiger partial charge in [0.15, 0.2) is 0 Å². The maximum Gasteiger partial charge on any atom is 0.272 e. The van der Waals surface area contributed by atoms with Crippen molar-refractivity contribution in [3.05, 3.63) is 47.5 Å². The molecule has 1 aliphatic heterocycles. The fourth-order valence-corrected chi connectivity index (χ4v) is 2.75. The number of hydrogen-bond donors (Lipinski definition) is 0. The van der Waals surface area contributed by atoms with E-state index in [0.29, 0.717) is 18.8 Å². The van der Waals surface area contributed by atoms with E-state index in [0.717, 1.165) is 23.8 Å². The normalized spacial score (nSPS) is 15.3. The van der Waals surface area contributed by atoms with E-state index in [9.17, 15) is 4.79 Å². The molecule has 21 heavy (non-hydrogen) atoms. The standard InChI is InChI=1S/C15H17ClN4O/c1-18-11-17-10-14(18)15(21)20-7-5-19(6-8-20)13-4-2-3-12(16)9-13/h2-4,9-11H,5-8H2,1H3. The molecule has 1 fully saturated rings. The Kier molecular flexibility index (Phi) is 3.84. The van der Waals surface area contributed by atoms with Gasteiger partial charge in [0.05, 0.1) is 12.5 Å². The predicted molar refractivity (Wildman–Crippen MR) is 82.8 cm³/mol. The number of aromatic nitrogens is 2. The molecule has 2 aromatic rings. The Morgan fingerprint density at radius 3 is 2.62 bits per heavy atom. The van der Waals surface area contributed by atoms with Crippen molar-refractivity contribution in [3.63, 3.8) is 0 Å². The number of benzene rings is 1. The molecular formula is C15H17ClN4O. The topological polar surface area (TPSA) is 41.4 Å². The summed E-state index contributed by atoms with van der Waals surface area (Å²) in [5.41, 5.74) is 1.74. The molecule has 2 heterocycles. The highest BCUT2D eigenvalue weighted by Gasteiger charge is 2.23. The Balaban J connectivity index is 1.65. The van der Waals surface area contributed by atoms with E-state index in [1.807, 2.05) is 36.2 Å². The molecule has 1 aromatic heterocycles. The van der Waals surface area contributed by atoms with Crippen LogP contribution < -0.4 is 4.90 Å². The Hall–Kier alpha value is -2.01. The second-order valence-electron chi connectivity index (χ2n) is 5.15. The van der Waals surface area contributed by atoms with Gasteiger partial charge in [0, 0.05) is 43.9 Å². The summed E-state index contributed by atoms with van der Waals surface area (Å²) in [7, 11) is 1.84. The van der Waals surface area contributed by atoms with Crippen molar-refractivity contribution < 1.29 is 4.79 Å². The number of nitrogens with zero attached hydrogens (tertiary/aromatic N) is 4. The Labute approximate surface area is 128 Å². The van der Waals surface area contributed by atoms with Crippen LogP contribution in [-0.2, 0) is 7.05 Å². The van der Waals surface area contributed by atoms with E-state index < -0.39 is 0 Å². The molecule has 0 bridgehead atoms. The summed E-state index contributed by atoms with van der Waals surface area (Å²) in [6.45, 7) is 3.03. The van der Waals surface area contributed by atoms with Gasteiger partial charge in [0.25, 0.3) is 5.91 Å². The first-order valence-electron chi connectivity index (χ1n) is 6.91. The predicted octanol–water partition coefficient (Wildman–Crippen LogP) is 2.04. The average molecular weight is 305 g/mol. The molecule has 1 amide bonds. The van der Waals surface area contributed by atoms with Gasteiger partial charge in [0.2, 0.25) is 0 Å². The van der Waals surface area contributed by atoms with E-state index in [1.165, 1.54) is 0 Å². The highest BCUT2D eigenvalue weighted by Crippen LogP contribution is 2.21. The highest BCUT2D eigenvalue weighted by molar-refractivity contribution is 6.30. The summed E-state index contributed by atoms with van der Waals surface area (Å²) in [5.74, 6) is 0.0424. The van der Waals surface area contributed by atoms with Crippen molar-refractivity contribution in [1.29, 1.82) is 0 Å². The molecule has 3 rings (SSSR count). The smallest absolute Gasteiger partial charge is 0.272 e. The first-order chi connectivity index (χ1) is 10.1. The van der Waals surface area contributed by atoms with Gasteiger partial charge >= 0.3 is 0 Å². The molecular weight excluding hydrogens is 288 g/mol. The van der Waals surface area contributed by atoms with Crippen LogP contribution in [0.2, 0.25) is 5.02 Å². The van der Waals surface area contributed by atoms with Crippen molar-refractivity contribution in [3.8, 4) is 0 Å². The first kappa shape index (κ1) is 13.9. The number of rotatable bonds is 2. The lowest BCUT2D eigenvalue weighted by atomic mass is 10.2. The molecule has 0 saturated carbocycles. The third-order valence-electron chi connectivity index (χ3n) is 3.78. The number of hydrogen-bond acceptors (Lipinski definition) is 3. The molecule has 0 unspecified atom stereocenters. The zero-order chi connectivity index (χ0) is 14.8. The van der Waals surface area contributed by atoms with E-state index in [1.54, 1.807) is 17.1 Å². The summed E-state index contributed by atoms with van der Waals surface area (Å²) in [4.78, 5) is 20.5. The zero-order valence-corrected chi connectivity index (χ0v) is 12.6. The van der Waals surface area contributed by atoms with Gasteiger partial charge in [-0.25, -0.2) is 4.98 Å². The van der Waals surface area contributed by atoms with Crippen molar-refractivity contribution in [2.45, 2.75) is 0 Å². The lowest BCUT2D eigenvalue weighted by molar-refractivity contribution is 0.0737. The molecule has 1 aliphatic rings. The molecule has 0 N–H and O–H groups in total. The maximum absolute atomic E-state index is 12.4. The van der Waals surface area contributed by atoms with E-state index in [-0.39, 0.29) is 5.91 Å². The highest BCUT2D eigenvalue weighted by atomic mass is 35.5. The quantitative estimate of drug-likeness (QED) is 0.852. The lowest BCUT2D eigenvalue weighted by Gasteiger charge is -2.36. The van der Waals surface area contributed by atoms with Crippen LogP contribution in [0.15, 0.2) is 36.8 Å². The van der Waals surface area contributed by atoms with Crippen LogP contribution in [0.1, 0.15) is 10.5 Å². The summed E-state index contributed by atoms with van der Waals surface area (Å²) in [6.07, 6.45) is 3.27. The third kappa shape index (κ3) is 2.88. The van der Waals surface area contributed by atoms with E-state index in [2.05, 4.69) is 9.88 Å². The molecule has 0 aliphatic carbocycles. The molecule has 1 aromatic carbocycles. The molecule has 110 valence electrons. The van der Waals surface area contributed by atoms with Crippen molar-refractivity contribution in [2.24, 2.45) is 7.05 Å². The average Bonchev–Trinajstić information content (AvgIpc) is 2.93. The second-order valence-corrected chi connectivity index (χ2v) is 5.59. The Morgan fingerprint density at radius 2 is 2.00 bits per heavy atom. The van der Waals surface area contributed by atoms with Crippen LogP contribution in [0.3, 0.4) is 0 Å². The Morgan fingerprint density at radius 1 is 1.24 bits per heavy atom. The number of carbonyl (C=O) groups excluding carboxylic acids is 1. The van der Waals surface area contributed by atoms with Crippen LogP contribution in [-0.4, -0.2) is 46.5 Å². The van der Waals surface area contributed by atoms with Crippen LogP contribution in [0, 0.1) is 0 Å². The minimum atomic E-state index is 0.0424. The Bertz CT molecular complexity index is 647. The fourth-order valence-electron chi connectivity index (χ4n) is 2.57. The van der Waals surface area contributed by atoms with Gasteiger partial charge in [-0.3, -0.25) is 4.79 Å². The molecule has 0 radical (unpaired) electrons. The SMILES string of the molecule is Cn1cncc1C(=O)N1CCN(c2cccc(Cl)c2)CC1. The summed E-state index contributed by atoms with van der Waals surface area (Å²) in [5, 5.41) is 0.737. The van der Waals surface area contributed by atoms with Crippen LogP contribution in [0.4, 0.5) is 5.69 Å². The van der Waals surface area contributed by atoms with Gasteiger partial charge in [0.1, 0.15) is 5.69 Å². The number of halogens is 1. The number of anilines is 1. The molecule has 0 atom stereocenters. The van der Waals surface area contributed by atoms with Gasteiger partial charge in [-0.2, -0.15) is 0 Å². The number of piperazine rings is 1. The van der Waals surface area contributed by atoms with Crippen LogP contribution >= 0.6 is 11.6 Å². The minimum absolute atomic E-state index is 0.0424. The molecule has 6 heteroatoms. The number of amides is 1. The summed E-state index contributed by atoms with van der Waals surface area (Å²) >= 11 is 6.03. The second kappa shape index (κ2) is 5.77.